The molecule has 1 aromatic carbocycles. The molecule has 2 heterocycles. The number of aromatic amines is 1. The summed E-state index contributed by atoms with van der Waals surface area (Å²) in [5.74, 6) is -0.111. The summed E-state index contributed by atoms with van der Waals surface area (Å²) in [4.78, 5) is 33.3. The fourth-order valence-corrected chi connectivity index (χ4v) is 3.31. The number of amides is 1. The van der Waals surface area contributed by atoms with E-state index >= 15 is 0 Å². The van der Waals surface area contributed by atoms with Gasteiger partial charge in [-0.25, -0.2) is 9.78 Å². The standard InChI is InChI=1S/C17H20N4O3S/c1-3-24-8-7-21-14-5-4-12(10-13(14)19-17(21)23)16(22)20(2)11-15-18-6-9-25-15/h4-6,9-10H,3,7-8,11H2,1-2H3,(H,19,23). The number of thiazole rings is 1. The molecule has 0 aliphatic heterocycles. The first-order chi connectivity index (χ1) is 12.1. The molecule has 0 aliphatic carbocycles. The molecule has 25 heavy (non-hydrogen) atoms. The average molecular weight is 360 g/mol. The minimum absolute atomic E-state index is 0.111. The van der Waals surface area contributed by atoms with Crippen molar-refractivity contribution in [3.8, 4) is 0 Å². The van der Waals surface area contributed by atoms with Gasteiger partial charge in [-0.2, -0.15) is 0 Å². The molecule has 0 aliphatic rings. The van der Waals surface area contributed by atoms with Crippen LogP contribution in [0.5, 0.6) is 0 Å². The van der Waals surface area contributed by atoms with Crippen LogP contribution in [0.3, 0.4) is 0 Å². The van der Waals surface area contributed by atoms with Crippen molar-refractivity contribution in [1.29, 1.82) is 0 Å². The van der Waals surface area contributed by atoms with Gasteiger partial charge in [0.05, 0.1) is 30.7 Å². The van der Waals surface area contributed by atoms with Crippen LogP contribution in [0.4, 0.5) is 0 Å². The van der Waals surface area contributed by atoms with Gasteiger partial charge < -0.3 is 14.6 Å². The molecule has 3 aromatic rings. The zero-order chi connectivity index (χ0) is 17.8. The normalized spacial score (nSPS) is 11.1. The van der Waals surface area contributed by atoms with E-state index in [1.54, 1.807) is 40.9 Å². The topological polar surface area (TPSA) is 80.2 Å². The minimum atomic E-state index is -0.199. The van der Waals surface area contributed by atoms with Crippen molar-refractivity contribution in [3.05, 3.63) is 50.8 Å². The summed E-state index contributed by atoms with van der Waals surface area (Å²) in [5.41, 5.74) is 1.75. The average Bonchev–Trinajstić information content (AvgIpc) is 3.21. The van der Waals surface area contributed by atoms with Crippen LogP contribution in [0.2, 0.25) is 0 Å². The van der Waals surface area contributed by atoms with E-state index in [9.17, 15) is 9.59 Å². The zero-order valence-electron chi connectivity index (χ0n) is 14.2. The van der Waals surface area contributed by atoms with Gasteiger partial charge in [0.1, 0.15) is 5.01 Å². The fourth-order valence-electron chi connectivity index (χ4n) is 2.64. The lowest BCUT2D eigenvalue weighted by molar-refractivity contribution is 0.0785. The number of rotatable bonds is 7. The van der Waals surface area contributed by atoms with Gasteiger partial charge in [0.15, 0.2) is 0 Å². The number of carbonyl (C=O) groups is 1. The van der Waals surface area contributed by atoms with Gasteiger partial charge in [-0.15, -0.1) is 11.3 Å². The molecule has 0 fully saturated rings. The summed E-state index contributed by atoms with van der Waals surface area (Å²) in [6.07, 6.45) is 1.72. The Morgan fingerprint density at radius 3 is 3.00 bits per heavy atom. The molecular formula is C17H20N4O3S. The van der Waals surface area contributed by atoms with Crippen LogP contribution in [0.25, 0.3) is 11.0 Å². The summed E-state index contributed by atoms with van der Waals surface area (Å²) in [6, 6.07) is 5.26. The summed E-state index contributed by atoms with van der Waals surface area (Å²) in [5, 5.41) is 2.77. The van der Waals surface area contributed by atoms with Crippen molar-refractivity contribution >= 4 is 28.3 Å². The van der Waals surface area contributed by atoms with E-state index in [2.05, 4.69) is 9.97 Å². The lowest BCUT2D eigenvalue weighted by atomic mass is 10.1. The molecule has 3 rings (SSSR count). The van der Waals surface area contributed by atoms with E-state index in [4.69, 9.17) is 4.74 Å². The zero-order valence-corrected chi connectivity index (χ0v) is 15.0. The summed E-state index contributed by atoms with van der Waals surface area (Å²) >= 11 is 1.51. The monoisotopic (exact) mass is 360 g/mol. The van der Waals surface area contributed by atoms with Gasteiger partial charge in [-0.1, -0.05) is 0 Å². The molecule has 0 bridgehead atoms. The predicted molar refractivity (Wildman–Crippen MR) is 97.0 cm³/mol. The number of hydrogen-bond donors (Lipinski definition) is 1. The lowest BCUT2D eigenvalue weighted by Gasteiger charge is -2.15. The van der Waals surface area contributed by atoms with E-state index in [0.717, 1.165) is 10.5 Å². The number of imidazole rings is 1. The summed E-state index contributed by atoms with van der Waals surface area (Å²) in [6.45, 7) is 3.93. The van der Waals surface area contributed by atoms with E-state index in [0.29, 0.717) is 37.4 Å². The van der Waals surface area contributed by atoms with Crippen molar-refractivity contribution in [2.24, 2.45) is 0 Å². The van der Waals surface area contributed by atoms with Crippen LogP contribution < -0.4 is 5.69 Å². The van der Waals surface area contributed by atoms with E-state index < -0.39 is 0 Å². The minimum Gasteiger partial charge on any atom is -0.380 e. The molecule has 8 heteroatoms. The highest BCUT2D eigenvalue weighted by molar-refractivity contribution is 7.09. The first kappa shape index (κ1) is 17.4. The second kappa shape index (κ2) is 7.62. The lowest BCUT2D eigenvalue weighted by Crippen LogP contribution is -2.26. The summed E-state index contributed by atoms with van der Waals surface area (Å²) < 4.78 is 6.94. The van der Waals surface area contributed by atoms with Crippen molar-refractivity contribution < 1.29 is 9.53 Å². The molecule has 0 atom stereocenters. The molecule has 0 spiro atoms. The quantitative estimate of drug-likeness (QED) is 0.654. The van der Waals surface area contributed by atoms with Crippen LogP contribution in [0.1, 0.15) is 22.3 Å². The second-order valence-corrected chi connectivity index (χ2v) is 6.58. The Morgan fingerprint density at radius 1 is 1.44 bits per heavy atom. The Morgan fingerprint density at radius 2 is 2.28 bits per heavy atom. The van der Waals surface area contributed by atoms with E-state index in [-0.39, 0.29) is 11.6 Å². The smallest absolute Gasteiger partial charge is 0.326 e. The van der Waals surface area contributed by atoms with Gasteiger partial charge in [0.25, 0.3) is 5.91 Å². The number of hydrogen-bond acceptors (Lipinski definition) is 5. The maximum atomic E-state index is 12.6. The van der Waals surface area contributed by atoms with Crippen LogP contribution in [-0.4, -0.2) is 45.6 Å². The Labute approximate surface area is 148 Å². The molecule has 0 saturated heterocycles. The molecule has 1 N–H and O–H groups in total. The highest BCUT2D eigenvalue weighted by Crippen LogP contribution is 2.16. The molecule has 132 valence electrons. The van der Waals surface area contributed by atoms with E-state index in [1.165, 1.54) is 11.3 Å². The van der Waals surface area contributed by atoms with Crippen molar-refractivity contribution in [3.63, 3.8) is 0 Å². The second-order valence-electron chi connectivity index (χ2n) is 5.60. The number of nitrogens with zero attached hydrogens (tertiary/aromatic N) is 3. The van der Waals surface area contributed by atoms with Crippen molar-refractivity contribution in [2.45, 2.75) is 20.0 Å². The molecule has 7 nitrogen and oxygen atoms in total. The SMILES string of the molecule is CCOCCn1c(=O)[nH]c2cc(C(=O)N(C)Cc3nccs3)ccc21. The number of nitrogens with one attached hydrogen (secondary N) is 1. The van der Waals surface area contributed by atoms with E-state index in [1.807, 2.05) is 12.3 Å². The number of benzene rings is 1. The first-order valence-electron chi connectivity index (χ1n) is 8.04. The predicted octanol–water partition coefficient (Wildman–Crippen LogP) is 2.09. The Kier molecular flexibility index (Phi) is 5.30. The third kappa shape index (κ3) is 3.80. The molecule has 0 radical (unpaired) electrons. The number of aromatic nitrogens is 3. The van der Waals surface area contributed by atoms with Gasteiger partial charge in [-0.05, 0) is 25.1 Å². The number of H-pyrrole nitrogens is 1. The largest absolute Gasteiger partial charge is 0.380 e. The fraction of sp³-hybridized carbons (Fsp3) is 0.353. The Hall–Kier alpha value is -2.45. The number of fused-ring (bicyclic) bond motifs is 1. The van der Waals surface area contributed by atoms with Crippen molar-refractivity contribution in [1.82, 2.24) is 19.4 Å². The molecular weight excluding hydrogens is 340 g/mol. The Bertz CT molecular complexity index is 914. The highest BCUT2D eigenvalue weighted by Gasteiger charge is 2.15. The third-order valence-electron chi connectivity index (χ3n) is 3.89. The molecule has 2 aromatic heterocycles. The molecule has 0 saturated carbocycles. The number of carbonyl (C=O) groups excluding carboxylic acids is 1. The van der Waals surface area contributed by atoms with Gasteiger partial charge in [0, 0.05) is 30.8 Å². The highest BCUT2D eigenvalue weighted by atomic mass is 32.1. The van der Waals surface area contributed by atoms with Gasteiger partial charge >= 0.3 is 5.69 Å². The maximum Gasteiger partial charge on any atom is 0.326 e. The summed E-state index contributed by atoms with van der Waals surface area (Å²) in [7, 11) is 1.74. The third-order valence-corrected chi connectivity index (χ3v) is 4.65. The van der Waals surface area contributed by atoms with Gasteiger partial charge in [-0.3, -0.25) is 9.36 Å². The van der Waals surface area contributed by atoms with Crippen LogP contribution in [-0.2, 0) is 17.8 Å². The van der Waals surface area contributed by atoms with Crippen molar-refractivity contribution in [2.75, 3.05) is 20.3 Å². The molecule has 1 amide bonds. The van der Waals surface area contributed by atoms with Crippen LogP contribution >= 0.6 is 11.3 Å². The van der Waals surface area contributed by atoms with Crippen LogP contribution in [0, 0.1) is 0 Å². The Balaban J connectivity index is 1.81. The first-order valence-corrected chi connectivity index (χ1v) is 8.92. The number of ether oxygens (including phenoxy) is 1. The maximum absolute atomic E-state index is 12.6. The van der Waals surface area contributed by atoms with Gasteiger partial charge in [0.2, 0.25) is 0 Å². The van der Waals surface area contributed by atoms with Crippen LogP contribution in [0.15, 0.2) is 34.6 Å². The molecule has 0 unspecified atom stereocenters.